The van der Waals surface area contributed by atoms with Crippen LogP contribution in [0.25, 0.3) is 10.9 Å². The molecular formula is C19H16BrF2N3O2. The van der Waals surface area contributed by atoms with Crippen LogP contribution in [0, 0.1) is 11.6 Å². The summed E-state index contributed by atoms with van der Waals surface area (Å²) in [7, 11) is 3.13. The van der Waals surface area contributed by atoms with Crippen LogP contribution in [0.1, 0.15) is 22.1 Å². The van der Waals surface area contributed by atoms with Crippen LogP contribution in [-0.2, 0) is 11.8 Å². The van der Waals surface area contributed by atoms with Crippen molar-refractivity contribution in [1.29, 1.82) is 0 Å². The Hall–Kier alpha value is -2.74. The number of carbonyl (C=O) groups is 2. The normalized spacial score (nSPS) is 12.0. The number of nitrogens with one attached hydrogen (secondary N) is 2. The van der Waals surface area contributed by atoms with Crippen molar-refractivity contribution < 1.29 is 18.4 Å². The zero-order valence-electron chi connectivity index (χ0n) is 14.5. The number of rotatable bonds is 4. The second kappa shape index (κ2) is 7.48. The molecule has 2 N–H and O–H groups in total. The number of benzene rings is 2. The lowest BCUT2D eigenvalue weighted by Crippen LogP contribution is -2.39. The van der Waals surface area contributed by atoms with Gasteiger partial charge in [0.15, 0.2) is 11.6 Å². The van der Waals surface area contributed by atoms with Gasteiger partial charge in [-0.1, -0.05) is 24.3 Å². The Labute approximate surface area is 162 Å². The second-order valence-electron chi connectivity index (χ2n) is 5.93. The van der Waals surface area contributed by atoms with E-state index in [0.717, 1.165) is 23.0 Å². The third-order valence-corrected chi connectivity index (χ3v) is 5.12. The predicted octanol–water partition coefficient (Wildman–Crippen LogP) is 3.44. The number of amides is 2. The van der Waals surface area contributed by atoms with E-state index in [1.807, 2.05) is 24.3 Å². The van der Waals surface area contributed by atoms with E-state index in [9.17, 15) is 18.4 Å². The standard InChI is InChI=1S/C19H16BrF2N3O2/c1-23-18(26)16(10-7-8-12(21)13(22)9-10)24-19(27)17-15(20)11-5-3-4-6-14(11)25(17)2/h3-9,16H,1-2H3,(H,23,26)(H,24,27). The number of aryl methyl sites for hydroxylation is 1. The molecule has 1 aromatic heterocycles. The molecule has 3 rings (SSSR count). The van der Waals surface area contributed by atoms with Crippen molar-refractivity contribution in [2.45, 2.75) is 6.04 Å². The summed E-state index contributed by atoms with van der Waals surface area (Å²) in [6.07, 6.45) is 0. The lowest BCUT2D eigenvalue weighted by atomic mass is 10.1. The van der Waals surface area contributed by atoms with E-state index in [1.54, 1.807) is 11.6 Å². The van der Waals surface area contributed by atoms with Gasteiger partial charge in [-0.15, -0.1) is 0 Å². The number of para-hydroxylation sites is 1. The molecule has 1 heterocycles. The number of aromatic nitrogens is 1. The summed E-state index contributed by atoms with van der Waals surface area (Å²) in [6, 6.07) is 9.32. The summed E-state index contributed by atoms with van der Waals surface area (Å²) in [5.41, 5.74) is 1.28. The first-order chi connectivity index (χ1) is 12.8. The van der Waals surface area contributed by atoms with Crippen LogP contribution in [0.2, 0.25) is 0 Å². The summed E-state index contributed by atoms with van der Waals surface area (Å²) in [5.74, 6) is -3.21. The number of fused-ring (bicyclic) bond motifs is 1. The zero-order chi connectivity index (χ0) is 19.7. The summed E-state index contributed by atoms with van der Waals surface area (Å²) >= 11 is 3.43. The lowest BCUT2D eigenvalue weighted by molar-refractivity contribution is -0.122. The van der Waals surface area contributed by atoms with Crippen LogP contribution in [-0.4, -0.2) is 23.4 Å². The molecule has 2 aromatic carbocycles. The minimum absolute atomic E-state index is 0.136. The lowest BCUT2D eigenvalue weighted by Gasteiger charge is -2.18. The maximum Gasteiger partial charge on any atom is 0.270 e. The highest BCUT2D eigenvalue weighted by Crippen LogP contribution is 2.30. The van der Waals surface area contributed by atoms with Gasteiger partial charge in [0.25, 0.3) is 5.91 Å². The molecule has 1 atom stereocenters. The average Bonchev–Trinajstić information content (AvgIpc) is 2.92. The number of hydrogen-bond donors (Lipinski definition) is 2. The Morgan fingerprint density at radius 3 is 2.44 bits per heavy atom. The highest BCUT2D eigenvalue weighted by Gasteiger charge is 2.27. The molecule has 0 aliphatic rings. The van der Waals surface area contributed by atoms with Crippen molar-refractivity contribution in [3.8, 4) is 0 Å². The smallest absolute Gasteiger partial charge is 0.270 e. The topological polar surface area (TPSA) is 63.1 Å². The first kappa shape index (κ1) is 19.0. The minimum Gasteiger partial charge on any atom is -0.357 e. The molecule has 0 fully saturated rings. The largest absolute Gasteiger partial charge is 0.357 e. The van der Waals surface area contributed by atoms with Gasteiger partial charge in [0.1, 0.15) is 11.7 Å². The first-order valence-electron chi connectivity index (χ1n) is 8.05. The number of hydrogen-bond acceptors (Lipinski definition) is 2. The van der Waals surface area contributed by atoms with Gasteiger partial charge in [-0.2, -0.15) is 0 Å². The third kappa shape index (κ3) is 3.44. The van der Waals surface area contributed by atoms with E-state index in [-0.39, 0.29) is 5.56 Å². The Morgan fingerprint density at radius 2 is 1.81 bits per heavy atom. The summed E-state index contributed by atoms with van der Waals surface area (Å²) in [6.45, 7) is 0. The molecule has 27 heavy (non-hydrogen) atoms. The molecule has 5 nitrogen and oxygen atoms in total. The highest BCUT2D eigenvalue weighted by atomic mass is 79.9. The third-order valence-electron chi connectivity index (χ3n) is 4.32. The quantitative estimate of drug-likeness (QED) is 0.659. The fourth-order valence-electron chi connectivity index (χ4n) is 2.93. The van der Waals surface area contributed by atoms with Crippen molar-refractivity contribution >= 4 is 38.6 Å². The van der Waals surface area contributed by atoms with Gasteiger partial charge in [-0.25, -0.2) is 8.78 Å². The van der Waals surface area contributed by atoms with Crippen LogP contribution < -0.4 is 10.6 Å². The molecule has 0 saturated heterocycles. The van der Waals surface area contributed by atoms with Gasteiger partial charge in [0, 0.05) is 25.0 Å². The Kier molecular flexibility index (Phi) is 5.27. The molecule has 0 spiro atoms. The molecule has 0 aliphatic heterocycles. The van der Waals surface area contributed by atoms with Crippen molar-refractivity contribution in [2.24, 2.45) is 7.05 Å². The van der Waals surface area contributed by atoms with E-state index in [2.05, 4.69) is 26.6 Å². The number of halogens is 3. The van der Waals surface area contributed by atoms with Crippen molar-refractivity contribution in [3.05, 3.63) is 69.8 Å². The second-order valence-corrected chi connectivity index (χ2v) is 6.73. The molecule has 1 unspecified atom stereocenters. The molecule has 140 valence electrons. The van der Waals surface area contributed by atoms with E-state index in [0.29, 0.717) is 10.2 Å². The Balaban J connectivity index is 2.00. The molecule has 0 radical (unpaired) electrons. The Bertz CT molecular complexity index is 1010. The van der Waals surface area contributed by atoms with Crippen LogP contribution >= 0.6 is 15.9 Å². The van der Waals surface area contributed by atoms with Gasteiger partial charge in [0.2, 0.25) is 5.91 Å². The average molecular weight is 436 g/mol. The predicted molar refractivity (Wildman–Crippen MR) is 101 cm³/mol. The van der Waals surface area contributed by atoms with Crippen LogP contribution in [0.4, 0.5) is 8.78 Å². The number of likely N-dealkylation sites (N-methyl/N-ethyl adjacent to an activating group) is 1. The molecule has 0 saturated carbocycles. The van der Waals surface area contributed by atoms with Crippen molar-refractivity contribution in [2.75, 3.05) is 7.05 Å². The van der Waals surface area contributed by atoms with Gasteiger partial charge < -0.3 is 15.2 Å². The van der Waals surface area contributed by atoms with E-state index in [1.165, 1.54) is 13.1 Å². The fraction of sp³-hybridized carbons (Fsp3) is 0.158. The molecule has 0 aliphatic carbocycles. The molecule has 8 heteroatoms. The molecule has 0 bridgehead atoms. The number of carbonyl (C=O) groups excluding carboxylic acids is 2. The van der Waals surface area contributed by atoms with E-state index in [4.69, 9.17) is 0 Å². The highest BCUT2D eigenvalue weighted by molar-refractivity contribution is 9.10. The van der Waals surface area contributed by atoms with Crippen molar-refractivity contribution in [1.82, 2.24) is 15.2 Å². The zero-order valence-corrected chi connectivity index (χ0v) is 16.1. The summed E-state index contributed by atoms with van der Waals surface area (Å²) < 4.78 is 29.1. The maximum absolute atomic E-state index is 13.6. The van der Waals surface area contributed by atoms with Crippen LogP contribution in [0.15, 0.2) is 46.9 Å². The van der Waals surface area contributed by atoms with E-state index >= 15 is 0 Å². The maximum atomic E-state index is 13.6. The number of nitrogens with zero attached hydrogens (tertiary/aromatic N) is 1. The monoisotopic (exact) mass is 435 g/mol. The molecular weight excluding hydrogens is 420 g/mol. The molecule has 2 amide bonds. The van der Waals surface area contributed by atoms with Gasteiger partial charge in [-0.3, -0.25) is 9.59 Å². The first-order valence-corrected chi connectivity index (χ1v) is 8.84. The van der Waals surface area contributed by atoms with Gasteiger partial charge in [-0.05, 0) is 39.7 Å². The van der Waals surface area contributed by atoms with Crippen molar-refractivity contribution in [3.63, 3.8) is 0 Å². The minimum atomic E-state index is -1.18. The molecule has 3 aromatic rings. The Morgan fingerprint density at radius 1 is 1.11 bits per heavy atom. The van der Waals surface area contributed by atoms with Crippen LogP contribution in [0.5, 0.6) is 0 Å². The SMILES string of the molecule is CNC(=O)C(NC(=O)c1c(Br)c2ccccc2n1C)c1ccc(F)c(F)c1. The fourth-order valence-corrected chi connectivity index (χ4v) is 3.72. The van der Waals surface area contributed by atoms with Gasteiger partial charge >= 0.3 is 0 Å². The summed E-state index contributed by atoms with van der Waals surface area (Å²) in [5, 5.41) is 5.86. The van der Waals surface area contributed by atoms with Gasteiger partial charge in [0.05, 0.1) is 4.47 Å². The van der Waals surface area contributed by atoms with Crippen LogP contribution in [0.3, 0.4) is 0 Å². The van der Waals surface area contributed by atoms with E-state index < -0.39 is 29.5 Å². The summed E-state index contributed by atoms with van der Waals surface area (Å²) in [4.78, 5) is 25.2.